The number of nitrogens with one attached hydrogen (secondary N) is 2. The Hall–Kier alpha value is -3.48. The van der Waals surface area contributed by atoms with E-state index in [4.69, 9.17) is 0 Å². The summed E-state index contributed by atoms with van der Waals surface area (Å²) in [5.74, 6) is 1.98. The van der Waals surface area contributed by atoms with Crippen molar-refractivity contribution >= 4 is 11.5 Å². The molecule has 0 bridgehead atoms. The number of fused-ring (bicyclic) bond motifs is 1. The predicted octanol–water partition coefficient (Wildman–Crippen LogP) is 4.35. The zero-order chi connectivity index (χ0) is 20.7. The zero-order valence-corrected chi connectivity index (χ0v) is 16.6. The second-order valence-corrected chi connectivity index (χ2v) is 7.75. The number of benzene rings is 2. The first-order valence-electron chi connectivity index (χ1n) is 10.2. The third-order valence-electron chi connectivity index (χ3n) is 5.76. The van der Waals surface area contributed by atoms with Crippen molar-refractivity contribution in [1.29, 1.82) is 0 Å². The fourth-order valence-corrected chi connectivity index (χ4v) is 4.01. The minimum absolute atomic E-state index is 0.218. The first-order valence-corrected chi connectivity index (χ1v) is 10.2. The van der Waals surface area contributed by atoms with Crippen LogP contribution in [0, 0.1) is 11.7 Å². The molecule has 2 aromatic carbocycles. The summed E-state index contributed by atoms with van der Waals surface area (Å²) in [6, 6.07) is 15.8. The summed E-state index contributed by atoms with van der Waals surface area (Å²) in [5.41, 5.74) is 3.41. The Morgan fingerprint density at radius 1 is 1.17 bits per heavy atom. The van der Waals surface area contributed by atoms with Crippen LogP contribution >= 0.6 is 0 Å². The van der Waals surface area contributed by atoms with Gasteiger partial charge in [0.1, 0.15) is 5.82 Å². The zero-order valence-electron chi connectivity index (χ0n) is 16.6. The van der Waals surface area contributed by atoms with Gasteiger partial charge in [0.15, 0.2) is 5.82 Å². The van der Waals surface area contributed by atoms with Crippen LogP contribution in [-0.2, 0) is 6.54 Å². The molecule has 2 atom stereocenters. The number of hydrogen-bond acceptors (Lipinski definition) is 4. The number of nitrogens with zero attached hydrogens (tertiary/aromatic N) is 3. The SMILES string of the molecule is CCC1CC1c1ccccc1-c1nc2nc(CNc3ccc(F)cc3)cc(=O)n2[nH]1. The molecule has 1 saturated carbocycles. The molecule has 30 heavy (non-hydrogen) atoms. The van der Waals surface area contributed by atoms with Crippen molar-refractivity contribution in [3.63, 3.8) is 0 Å². The van der Waals surface area contributed by atoms with Gasteiger partial charge in [-0.25, -0.2) is 9.37 Å². The van der Waals surface area contributed by atoms with E-state index in [1.165, 1.54) is 41.1 Å². The molecule has 7 heteroatoms. The van der Waals surface area contributed by atoms with E-state index in [0.717, 1.165) is 17.2 Å². The van der Waals surface area contributed by atoms with Gasteiger partial charge in [0, 0.05) is 17.3 Å². The molecule has 0 aliphatic heterocycles. The van der Waals surface area contributed by atoms with E-state index in [2.05, 4.69) is 39.4 Å². The van der Waals surface area contributed by atoms with Gasteiger partial charge in [-0.3, -0.25) is 9.89 Å². The van der Waals surface area contributed by atoms with Crippen LogP contribution in [0.1, 0.15) is 36.9 Å². The molecule has 0 amide bonds. The van der Waals surface area contributed by atoms with Crippen molar-refractivity contribution in [3.8, 4) is 11.4 Å². The molecule has 2 N–H and O–H groups in total. The topological polar surface area (TPSA) is 75.1 Å². The highest BCUT2D eigenvalue weighted by atomic mass is 19.1. The smallest absolute Gasteiger partial charge is 0.274 e. The maximum atomic E-state index is 13.0. The number of halogens is 1. The highest BCUT2D eigenvalue weighted by Gasteiger charge is 2.38. The second-order valence-electron chi connectivity index (χ2n) is 7.75. The minimum Gasteiger partial charge on any atom is -0.379 e. The van der Waals surface area contributed by atoms with Crippen molar-refractivity contribution in [2.45, 2.75) is 32.2 Å². The first-order chi connectivity index (χ1) is 14.6. The number of anilines is 1. The predicted molar refractivity (Wildman–Crippen MR) is 114 cm³/mol. The van der Waals surface area contributed by atoms with E-state index in [1.807, 2.05) is 12.1 Å². The van der Waals surface area contributed by atoms with Gasteiger partial charge in [0.25, 0.3) is 11.3 Å². The average Bonchev–Trinajstić information content (AvgIpc) is 3.43. The number of aromatic amines is 1. The molecule has 2 unspecified atom stereocenters. The van der Waals surface area contributed by atoms with Crippen LogP contribution in [0.4, 0.5) is 10.1 Å². The molecule has 1 aliphatic rings. The summed E-state index contributed by atoms with van der Waals surface area (Å²) in [6.07, 6.45) is 2.37. The Morgan fingerprint density at radius 3 is 2.73 bits per heavy atom. The molecule has 5 rings (SSSR count). The summed E-state index contributed by atoms with van der Waals surface area (Å²) in [7, 11) is 0. The second kappa shape index (κ2) is 7.40. The maximum Gasteiger partial charge on any atom is 0.274 e. The molecular weight excluding hydrogens is 381 g/mol. The van der Waals surface area contributed by atoms with Gasteiger partial charge in [-0.05, 0) is 48.1 Å². The Kier molecular flexibility index (Phi) is 4.58. The van der Waals surface area contributed by atoms with Crippen LogP contribution in [0.15, 0.2) is 59.4 Å². The standard InChI is InChI=1S/C23H22FN5O/c1-2-14-11-20(14)18-5-3-4-6-19(18)22-27-23-26-17(12-21(30)29(23)28-22)13-25-16-9-7-15(24)8-10-16/h3-10,12,14,20,25H,2,11,13H2,1H3,(H,26,27,28). The Morgan fingerprint density at radius 2 is 1.97 bits per heavy atom. The van der Waals surface area contributed by atoms with Gasteiger partial charge >= 0.3 is 0 Å². The van der Waals surface area contributed by atoms with E-state index in [1.54, 1.807) is 12.1 Å². The van der Waals surface area contributed by atoms with Crippen LogP contribution in [0.5, 0.6) is 0 Å². The Bertz CT molecular complexity index is 1260. The fraction of sp³-hybridized carbons (Fsp3) is 0.261. The largest absolute Gasteiger partial charge is 0.379 e. The van der Waals surface area contributed by atoms with Crippen molar-refractivity contribution in [2.24, 2.45) is 5.92 Å². The molecule has 2 heterocycles. The van der Waals surface area contributed by atoms with E-state index in [-0.39, 0.29) is 11.4 Å². The number of aromatic nitrogens is 4. The summed E-state index contributed by atoms with van der Waals surface area (Å²) in [4.78, 5) is 21.7. The van der Waals surface area contributed by atoms with Crippen LogP contribution in [0.25, 0.3) is 17.2 Å². The minimum atomic E-state index is -0.292. The van der Waals surface area contributed by atoms with E-state index in [9.17, 15) is 9.18 Å². The molecule has 2 aromatic heterocycles. The normalized spacial score (nSPS) is 17.9. The maximum absolute atomic E-state index is 13.0. The van der Waals surface area contributed by atoms with Gasteiger partial charge in [0.2, 0.25) is 0 Å². The molecule has 6 nitrogen and oxygen atoms in total. The summed E-state index contributed by atoms with van der Waals surface area (Å²) in [6.45, 7) is 2.57. The molecule has 152 valence electrons. The third kappa shape index (κ3) is 3.47. The van der Waals surface area contributed by atoms with Crippen LogP contribution in [0.2, 0.25) is 0 Å². The number of rotatable bonds is 6. The van der Waals surface area contributed by atoms with Gasteiger partial charge in [-0.2, -0.15) is 9.50 Å². The van der Waals surface area contributed by atoms with Crippen molar-refractivity contribution in [1.82, 2.24) is 19.6 Å². The lowest BCUT2D eigenvalue weighted by Gasteiger charge is -2.06. The van der Waals surface area contributed by atoms with Gasteiger partial charge in [-0.15, -0.1) is 0 Å². The van der Waals surface area contributed by atoms with E-state index in [0.29, 0.717) is 29.8 Å². The Balaban J connectivity index is 1.45. The first kappa shape index (κ1) is 18.5. The average molecular weight is 403 g/mol. The highest BCUT2D eigenvalue weighted by molar-refractivity contribution is 5.63. The van der Waals surface area contributed by atoms with Crippen LogP contribution in [-0.4, -0.2) is 19.6 Å². The summed E-state index contributed by atoms with van der Waals surface area (Å²) in [5, 5.41) is 6.26. The third-order valence-corrected chi connectivity index (χ3v) is 5.76. The van der Waals surface area contributed by atoms with Crippen molar-refractivity contribution < 1.29 is 4.39 Å². The van der Waals surface area contributed by atoms with Crippen molar-refractivity contribution in [2.75, 3.05) is 5.32 Å². The molecule has 0 spiro atoms. The van der Waals surface area contributed by atoms with E-state index < -0.39 is 0 Å². The lowest BCUT2D eigenvalue weighted by atomic mass is 10.0. The molecule has 1 fully saturated rings. The number of H-pyrrole nitrogens is 1. The van der Waals surface area contributed by atoms with Crippen molar-refractivity contribution in [3.05, 3.63) is 82.0 Å². The molecule has 0 saturated heterocycles. The monoisotopic (exact) mass is 403 g/mol. The van der Waals surface area contributed by atoms with Crippen LogP contribution < -0.4 is 10.9 Å². The van der Waals surface area contributed by atoms with Crippen LogP contribution in [0.3, 0.4) is 0 Å². The van der Waals surface area contributed by atoms with Gasteiger partial charge in [0.05, 0.1) is 12.2 Å². The lowest BCUT2D eigenvalue weighted by molar-refractivity contribution is 0.628. The summed E-state index contributed by atoms with van der Waals surface area (Å²) < 4.78 is 14.4. The lowest BCUT2D eigenvalue weighted by Crippen LogP contribution is -2.17. The van der Waals surface area contributed by atoms with Gasteiger partial charge < -0.3 is 5.32 Å². The molecule has 4 aromatic rings. The molecular formula is C23H22FN5O. The molecule has 0 radical (unpaired) electrons. The van der Waals surface area contributed by atoms with Gasteiger partial charge in [-0.1, -0.05) is 37.6 Å². The quantitative estimate of drug-likeness (QED) is 0.502. The Labute approximate surface area is 172 Å². The van der Waals surface area contributed by atoms with E-state index >= 15 is 0 Å². The number of hydrogen-bond donors (Lipinski definition) is 2. The summed E-state index contributed by atoms with van der Waals surface area (Å²) >= 11 is 0. The fourth-order valence-electron chi connectivity index (χ4n) is 4.01. The molecule has 1 aliphatic carbocycles. The highest BCUT2D eigenvalue weighted by Crippen LogP contribution is 2.51.